The Morgan fingerprint density at radius 1 is 1.41 bits per heavy atom. The summed E-state index contributed by atoms with van der Waals surface area (Å²) < 4.78 is 1.95. The summed E-state index contributed by atoms with van der Waals surface area (Å²) in [5.74, 6) is 6.61. The minimum absolute atomic E-state index is 0.233. The van der Waals surface area contributed by atoms with Gasteiger partial charge in [0.15, 0.2) is 0 Å². The molecule has 0 aliphatic rings. The number of rotatable bonds is 5. The maximum Gasteiger partial charge on any atom is 0.138 e. The zero-order chi connectivity index (χ0) is 13.1. The van der Waals surface area contributed by atoms with Gasteiger partial charge in [-0.3, -0.25) is 11.3 Å². The van der Waals surface area contributed by atoms with Gasteiger partial charge in [0.2, 0.25) is 0 Å². The summed E-state index contributed by atoms with van der Waals surface area (Å²) in [6.07, 6.45) is 3.43. The molecule has 1 rings (SSSR count). The number of hydrazine groups is 1. The second-order valence-electron chi connectivity index (χ2n) is 6.05. The predicted molar refractivity (Wildman–Crippen MR) is 69.3 cm³/mol. The molecule has 0 amide bonds. The summed E-state index contributed by atoms with van der Waals surface area (Å²) in [5.41, 5.74) is 3.13. The molecule has 0 radical (unpaired) electrons. The van der Waals surface area contributed by atoms with Crippen molar-refractivity contribution in [1.29, 1.82) is 0 Å². The Kier molecular flexibility index (Phi) is 4.65. The molecule has 0 saturated carbocycles. The first-order valence-electron chi connectivity index (χ1n) is 6.18. The van der Waals surface area contributed by atoms with Crippen LogP contribution in [0.15, 0.2) is 6.33 Å². The van der Waals surface area contributed by atoms with Crippen LogP contribution < -0.4 is 11.3 Å². The van der Waals surface area contributed by atoms with Crippen LogP contribution in [0.25, 0.3) is 0 Å². The van der Waals surface area contributed by atoms with Crippen molar-refractivity contribution in [2.24, 2.45) is 11.3 Å². The fourth-order valence-electron chi connectivity index (χ4n) is 2.00. The molecule has 0 bridgehead atoms. The summed E-state index contributed by atoms with van der Waals surface area (Å²) in [4.78, 5) is 4.31. The van der Waals surface area contributed by atoms with Crippen molar-refractivity contribution in [3.05, 3.63) is 12.2 Å². The van der Waals surface area contributed by atoms with Gasteiger partial charge in [-0.1, -0.05) is 20.8 Å². The lowest BCUT2D eigenvalue weighted by molar-refractivity contribution is 0.302. The van der Waals surface area contributed by atoms with E-state index in [0.29, 0.717) is 6.04 Å². The topological polar surface area (TPSA) is 68.8 Å². The maximum atomic E-state index is 5.62. The molecule has 5 heteroatoms. The molecule has 0 fully saturated rings. The summed E-state index contributed by atoms with van der Waals surface area (Å²) in [7, 11) is 0. The van der Waals surface area contributed by atoms with Crippen LogP contribution in [-0.4, -0.2) is 20.8 Å². The first-order chi connectivity index (χ1) is 7.83. The Bertz CT molecular complexity index is 337. The molecule has 0 aliphatic carbocycles. The second kappa shape index (κ2) is 5.60. The number of hydrogen-bond acceptors (Lipinski definition) is 4. The number of nitrogens with zero attached hydrogens (tertiary/aromatic N) is 3. The molecule has 1 aromatic rings. The van der Waals surface area contributed by atoms with Gasteiger partial charge in [0.25, 0.3) is 0 Å². The van der Waals surface area contributed by atoms with Gasteiger partial charge in [-0.2, -0.15) is 5.10 Å². The molecule has 1 atom stereocenters. The van der Waals surface area contributed by atoms with E-state index in [9.17, 15) is 0 Å². The van der Waals surface area contributed by atoms with Crippen molar-refractivity contribution in [3.63, 3.8) is 0 Å². The van der Waals surface area contributed by atoms with Crippen LogP contribution >= 0.6 is 0 Å². The summed E-state index contributed by atoms with van der Waals surface area (Å²) >= 11 is 0. The van der Waals surface area contributed by atoms with Gasteiger partial charge in [0, 0.05) is 18.5 Å². The Morgan fingerprint density at radius 3 is 2.53 bits per heavy atom. The molecule has 0 spiro atoms. The van der Waals surface area contributed by atoms with E-state index in [2.05, 4.69) is 50.1 Å². The van der Waals surface area contributed by atoms with Crippen LogP contribution in [0.5, 0.6) is 0 Å². The molecule has 98 valence electrons. The number of nitrogens with one attached hydrogen (secondary N) is 1. The fourth-order valence-corrected chi connectivity index (χ4v) is 2.00. The van der Waals surface area contributed by atoms with E-state index in [-0.39, 0.29) is 11.5 Å². The molecule has 5 nitrogen and oxygen atoms in total. The van der Waals surface area contributed by atoms with Crippen molar-refractivity contribution in [2.75, 3.05) is 0 Å². The van der Waals surface area contributed by atoms with Gasteiger partial charge in [0.05, 0.1) is 0 Å². The summed E-state index contributed by atoms with van der Waals surface area (Å²) in [6.45, 7) is 10.8. The summed E-state index contributed by atoms with van der Waals surface area (Å²) in [6, 6.07) is 0.567. The third-order valence-corrected chi connectivity index (χ3v) is 2.66. The van der Waals surface area contributed by atoms with E-state index >= 15 is 0 Å². The number of aromatic nitrogens is 3. The first-order valence-corrected chi connectivity index (χ1v) is 6.18. The zero-order valence-electron chi connectivity index (χ0n) is 11.6. The van der Waals surface area contributed by atoms with Gasteiger partial charge in [0.1, 0.15) is 12.2 Å². The lowest BCUT2D eigenvalue weighted by atomic mass is 9.87. The van der Waals surface area contributed by atoms with Crippen LogP contribution in [0.3, 0.4) is 0 Å². The predicted octanol–water partition coefficient (Wildman–Crippen LogP) is 1.67. The Labute approximate surface area is 104 Å². The third kappa shape index (κ3) is 4.44. The van der Waals surface area contributed by atoms with Crippen molar-refractivity contribution >= 4 is 0 Å². The van der Waals surface area contributed by atoms with E-state index in [0.717, 1.165) is 18.7 Å². The molecule has 1 unspecified atom stereocenters. The van der Waals surface area contributed by atoms with Gasteiger partial charge in [-0.15, -0.1) is 0 Å². The van der Waals surface area contributed by atoms with Crippen LogP contribution in [0.1, 0.15) is 52.9 Å². The van der Waals surface area contributed by atoms with E-state index in [4.69, 9.17) is 5.84 Å². The third-order valence-electron chi connectivity index (χ3n) is 2.66. The number of hydrogen-bond donors (Lipinski definition) is 2. The largest absolute Gasteiger partial charge is 0.271 e. The van der Waals surface area contributed by atoms with Gasteiger partial charge < -0.3 is 0 Å². The van der Waals surface area contributed by atoms with E-state index in [1.54, 1.807) is 6.33 Å². The Balaban J connectivity index is 2.71. The van der Waals surface area contributed by atoms with Crippen LogP contribution in [0, 0.1) is 5.41 Å². The second-order valence-corrected chi connectivity index (χ2v) is 6.05. The Hall–Kier alpha value is -0.940. The molecule has 0 aromatic carbocycles. The van der Waals surface area contributed by atoms with E-state index in [1.165, 1.54) is 0 Å². The van der Waals surface area contributed by atoms with E-state index in [1.807, 2.05) is 4.68 Å². The minimum atomic E-state index is 0.233. The SMILES string of the molecule is CC(C)n1ncnc1CC(CC(C)(C)C)NN. The normalized spacial score (nSPS) is 14.3. The molecular formula is C12H25N5. The van der Waals surface area contributed by atoms with Gasteiger partial charge in [-0.05, 0) is 25.7 Å². The van der Waals surface area contributed by atoms with Crippen LogP contribution in [-0.2, 0) is 6.42 Å². The fraction of sp³-hybridized carbons (Fsp3) is 0.833. The van der Waals surface area contributed by atoms with Gasteiger partial charge in [-0.25, -0.2) is 9.67 Å². The maximum absolute atomic E-state index is 5.62. The molecule has 1 heterocycles. The highest BCUT2D eigenvalue weighted by molar-refractivity contribution is 4.92. The first kappa shape index (κ1) is 14.1. The van der Waals surface area contributed by atoms with Crippen molar-refractivity contribution in [1.82, 2.24) is 20.2 Å². The lowest BCUT2D eigenvalue weighted by Gasteiger charge is -2.25. The van der Waals surface area contributed by atoms with E-state index < -0.39 is 0 Å². The average molecular weight is 239 g/mol. The highest BCUT2D eigenvalue weighted by Gasteiger charge is 2.20. The highest BCUT2D eigenvalue weighted by atomic mass is 15.3. The monoisotopic (exact) mass is 239 g/mol. The van der Waals surface area contributed by atoms with Crippen molar-refractivity contribution in [2.45, 2.75) is 59.5 Å². The molecule has 1 aromatic heterocycles. The zero-order valence-corrected chi connectivity index (χ0v) is 11.6. The van der Waals surface area contributed by atoms with Crippen molar-refractivity contribution in [3.8, 4) is 0 Å². The van der Waals surface area contributed by atoms with Crippen LogP contribution in [0.2, 0.25) is 0 Å². The molecular weight excluding hydrogens is 214 g/mol. The molecule has 3 N–H and O–H groups in total. The molecule has 17 heavy (non-hydrogen) atoms. The minimum Gasteiger partial charge on any atom is -0.271 e. The van der Waals surface area contributed by atoms with Crippen molar-refractivity contribution < 1.29 is 0 Å². The summed E-state index contributed by atoms with van der Waals surface area (Å²) in [5, 5.41) is 4.24. The number of nitrogens with two attached hydrogens (primary N) is 1. The quantitative estimate of drug-likeness (QED) is 0.606. The average Bonchev–Trinajstić information content (AvgIpc) is 2.62. The standard InChI is InChI=1S/C12H25N5/c1-9(2)17-11(14-8-15-17)6-10(16-13)7-12(3,4)5/h8-10,16H,6-7,13H2,1-5H3. The van der Waals surface area contributed by atoms with Crippen LogP contribution in [0.4, 0.5) is 0 Å². The highest BCUT2D eigenvalue weighted by Crippen LogP contribution is 2.22. The Morgan fingerprint density at radius 2 is 2.06 bits per heavy atom. The lowest BCUT2D eigenvalue weighted by Crippen LogP contribution is -2.40. The molecule has 0 saturated heterocycles. The molecule has 0 aliphatic heterocycles. The smallest absolute Gasteiger partial charge is 0.138 e. The van der Waals surface area contributed by atoms with Gasteiger partial charge >= 0.3 is 0 Å².